The molecular weight excluding hydrogens is 1210 g/mol. The van der Waals surface area contributed by atoms with Crippen LogP contribution >= 0.6 is 68.0 Å². The lowest BCUT2D eigenvalue weighted by atomic mass is 9.90. The summed E-state index contributed by atoms with van der Waals surface area (Å²) in [5.41, 5.74) is 14.2. The molecule has 0 saturated heterocycles. The molecule has 0 saturated carbocycles. The molecule has 29 heteroatoms. The van der Waals surface area contributed by atoms with Crippen LogP contribution in [0.5, 0.6) is 5.75 Å². The van der Waals surface area contributed by atoms with Crippen LogP contribution in [0.25, 0.3) is 43.4 Å². The third kappa shape index (κ3) is 13.9. The molecule has 1 aliphatic heterocycles. The molecule has 438 valence electrons. The van der Waals surface area contributed by atoms with Crippen LogP contribution in [0.2, 0.25) is 0 Å². The van der Waals surface area contributed by atoms with Gasteiger partial charge in [-0.1, -0.05) is 49.4 Å². The zero-order valence-corrected chi connectivity index (χ0v) is 49.9. The van der Waals surface area contributed by atoms with E-state index in [1.807, 2.05) is 0 Å². The Kier molecular flexibility index (Phi) is 18.8. The normalized spacial score (nSPS) is 17.9. The number of aryl methyl sites for hydroxylation is 1. The number of pyridine rings is 1. The summed E-state index contributed by atoms with van der Waals surface area (Å²) in [7, 11) is 0. The van der Waals surface area contributed by atoms with Gasteiger partial charge in [-0.2, -0.15) is 0 Å². The first kappa shape index (κ1) is 60.2. The number of Topliss-reactive ketones (excluding diaryl/α,β-unsaturated/α-hetero) is 1. The molecule has 7 atom stereocenters. The van der Waals surface area contributed by atoms with E-state index in [4.69, 9.17) is 31.4 Å². The first-order valence-corrected chi connectivity index (χ1v) is 31.4. The Morgan fingerprint density at radius 2 is 1.33 bits per heavy atom. The standard InChI is InChI=1S/C56H53N13O10S6/c1-25(41(73)19-59-14-15-70)43-56-67-39(24-84-56)54-63-35(20-82-54)45-30(12-13-32(60-45)53-64-36(21-83-53)47(58)76)51-65-38(22-80-51)50(79)62-34(18-42(57)74)55-69-44(26(2)85-55)40(72)17-31(46(75)28-6-4-3-5-7-28)52-66-37(23-81-52)49(78)61-33(48(77)68-43)16-27-8-10-29(71)11-9-27/h3-13,20-25,31,33-34,41,43,46,59,70-71,73,75H,14-19H2,1-2H3,(H2,57,74)(H2,58,76)(H,61,78)(H,62,79)(H,68,77)/t25-,31-,33-,34-,41-,43-,46+/m0/s1. The molecule has 1 aliphatic rings. The van der Waals surface area contributed by atoms with Crippen molar-refractivity contribution in [3.8, 4) is 49.1 Å². The number of hydrogen-bond acceptors (Lipinski definition) is 24. The number of ketones is 1. The number of phenols is 1. The van der Waals surface area contributed by atoms with Crippen LogP contribution in [-0.4, -0.2) is 122 Å². The molecule has 0 fully saturated rings. The first-order valence-electron chi connectivity index (χ1n) is 26.2. The van der Waals surface area contributed by atoms with Crippen molar-refractivity contribution in [1.82, 2.24) is 56.2 Å². The van der Waals surface area contributed by atoms with Crippen molar-refractivity contribution < 1.29 is 49.2 Å². The highest BCUT2D eigenvalue weighted by Crippen LogP contribution is 2.41. The number of carbonyl (C=O) groups is 6. The number of nitrogens with one attached hydrogen (secondary N) is 4. The maximum Gasteiger partial charge on any atom is 0.271 e. The highest BCUT2D eigenvalue weighted by atomic mass is 32.1. The van der Waals surface area contributed by atoms with E-state index < -0.39 is 77.5 Å². The average Bonchev–Trinajstić information content (AvgIpc) is 3.73. The summed E-state index contributed by atoms with van der Waals surface area (Å²) in [5.74, 6) is -5.89. The highest BCUT2D eigenvalue weighted by Gasteiger charge is 2.36. The van der Waals surface area contributed by atoms with Crippen molar-refractivity contribution in [3.05, 3.63) is 147 Å². The Labute approximate surface area is 508 Å². The van der Waals surface area contributed by atoms with Gasteiger partial charge in [-0.15, -0.1) is 68.0 Å². The summed E-state index contributed by atoms with van der Waals surface area (Å²) >= 11 is 6.83. The van der Waals surface area contributed by atoms with E-state index in [1.165, 1.54) is 50.9 Å². The number of nitrogens with zero attached hydrogens (tertiary/aromatic N) is 7. The second-order valence-electron chi connectivity index (χ2n) is 19.7. The molecule has 12 N–H and O–H groups in total. The van der Waals surface area contributed by atoms with E-state index in [1.54, 1.807) is 79.2 Å². The number of fused-ring (bicyclic) bond motifs is 14. The van der Waals surface area contributed by atoms with Gasteiger partial charge in [-0.05, 0) is 42.3 Å². The third-order valence-corrected chi connectivity index (χ3v) is 19.3. The lowest BCUT2D eigenvalue weighted by molar-refractivity contribution is -0.124. The fourth-order valence-electron chi connectivity index (χ4n) is 9.23. The molecule has 7 aromatic heterocycles. The molecule has 2 aromatic carbocycles. The monoisotopic (exact) mass is 1260 g/mol. The molecule has 5 amide bonds. The zero-order chi connectivity index (χ0) is 60.1. The lowest BCUT2D eigenvalue weighted by Crippen LogP contribution is -2.51. The fourth-order valence-corrected chi connectivity index (χ4v) is 14.6. The number of aliphatic hydroxyl groups is 3. The van der Waals surface area contributed by atoms with Crippen LogP contribution < -0.4 is 32.7 Å². The van der Waals surface area contributed by atoms with E-state index in [-0.39, 0.29) is 77.5 Å². The molecule has 10 rings (SSSR count). The zero-order valence-electron chi connectivity index (χ0n) is 45.0. The largest absolute Gasteiger partial charge is 0.508 e. The Bertz CT molecular complexity index is 3920. The number of amides is 5. The fraction of sp³-hybridized carbons (Fsp3) is 0.268. The molecule has 0 unspecified atom stereocenters. The summed E-state index contributed by atoms with van der Waals surface area (Å²) in [6.07, 6.45) is -3.22. The number of benzene rings is 2. The van der Waals surface area contributed by atoms with Gasteiger partial charge in [-0.25, -0.2) is 34.9 Å². The number of carbonyl (C=O) groups excluding carboxylic acids is 6. The number of hydrogen-bond donors (Lipinski definition) is 10. The molecule has 23 nitrogen and oxygen atoms in total. The van der Waals surface area contributed by atoms with Gasteiger partial charge in [0.15, 0.2) is 5.78 Å². The first-order chi connectivity index (χ1) is 40.9. The summed E-state index contributed by atoms with van der Waals surface area (Å²) in [6, 6.07) is 14.8. The van der Waals surface area contributed by atoms with Gasteiger partial charge in [0, 0.05) is 75.1 Å². The van der Waals surface area contributed by atoms with Crippen LogP contribution in [0.1, 0.15) is 117 Å². The quantitative estimate of drug-likeness (QED) is 0.0547. The van der Waals surface area contributed by atoms with Crippen LogP contribution in [0, 0.1) is 12.8 Å². The molecular formula is C56H53N13O10S6. The molecule has 8 heterocycles. The molecule has 0 spiro atoms. The minimum atomic E-state index is -1.32. The van der Waals surface area contributed by atoms with Gasteiger partial charge in [0.05, 0.1) is 48.0 Å². The van der Waals surface area contributed by atoms with Gasteiger partial charge >= 0.3 is 0 Å². The van der Waals surface area contributed by atoms with E-state index in [2.05, 4.69) is 36.2 Å². The minimum absolute atomic E-state index is 0.0132. The van der Waals surface area contributed by atoms with Crippen LogP contribution in [0.3, 0.4) is 0 Å². The van der Waals surface area contributed by atoms with Crippen LogP contribution in [0.15, 0.2) is 93.6 Å². The number of rotatable bonds is 14. The maximum absolute atomic E-state index is 15.0. The Morgan fingerprint density at radius 3 is 2.06 bits per heavy atom. The van der Waals surface area contributed by atoms with Crippen LogP contribution in [-0.2, 0) is 16.0 Å². The predicted octanol–water partition coefficient (Wildman–Crippen LogP) is 6.13. The molecule has 9 aromatic rings. The Balaban J connectivity index is 1.09. The van der Waals surface area contributed by atoms with Gasteiger partial charge in [0.25, 0.3) is 17.7 Å². The summed E-state index contributed by atoms with van der Waals surface area (Å²) in [6.45, 7) is 3.44. The van der Waals surface area contributed by atoms with Gasteiger partial charge in [0.1, 0.15) is 76.7 Å². The molecule has 10 bridgehead atoms. The number of aromatic nitrogens is 7. The molecule has 85 heavy (non-hydrogen) atoms. The van der Waals surface area contributed by atoms with E-state index >= 15 is 0 Å². The summed E-state index contributed by atoms with van der Waals surface area (Å²) in [5, 5.41) is 65.1. The van der Waals surface area contributed by atoms with E-state index in [0.29, 0.717) is 64.4 Å². The molecule has 0 aliphatic carbocycles. The minimum Gasteiger partial charge on any atom is -0.508 e. The number of phenolic OH excluding ortho intramolecular Hbond substituents is 1. The number of aromatic hydroxyl groups is 1. The number of nitrogens with two attached hydrogens (primary N) is 2. The number of primary amides is 2. The van der Waals surface area contributed by atoms with Gasteiger partial charge < -0.3 is 53.2 Å². The van der Waals surface area contributed by atoms with Crippen molar-refractivity contribution in [2.75, 3.05) is 19.7 Å². The SMILES string of the molecule is Cc1sc2nc1C(=O)C[C@@H]([C@H](O)c1ccccc1)c1nc(cs1)C(=O)N[C@@H](Cc1ccc(O)cc1)C(=O)N[C@@H]([C@@H](C)[C@@H](O)CNCCO)c1nc(cs1)-c1nc(cs1)-c1nc(-c3nc(C(N)=O)cs3)ccc1-c1nc(cs1)C(=O)N[C@H]2CC(N)=O. The van der Waals surface area contributed by atoms with Crippen molar-refractivity contribution in [3.63, 3.8) is 0 Å². The average molecular weight is 1260 g/mol. The van der Waals surface area contributed by atoms with Crippen molar-refractivity contribution in [2.24, 2.45) is 17.4 Å². The van der Waals surface area contributed by atoms with Gasteiger partial charge in [0.2, 0.25) is 11.8 Å². The second-order valence-corrected chi connectivity index (χ2v) is 25.3. The van der Waals surface area contributed by atoms with E-state index in [9.17, 15) is 49.2 Å². The Hall–Kier alpha value is -7.97. The number of aliphatic hydroxyl groups excluding tert-OH is 3. The highest BCUT2D eigenvalue weighted by molar-refractivity contribution is 7.15. The maximum atomic E-state index is 15.0. The van der Waals surface area contributed by atoms with E-state index in [0.717, 1.165) is 45.3 Å². The smallest absolute Gasteiger partial charge is 0.271 e. The third-order valence-electron chi connectivity index (χ3n) is 13.7. The van der Waals surface area contributed by atoms with Crippen molar-refractivity contribution >= 4 is 103 Å². The van der Waals surface area contributed by atoms with Crippen molar-refractivity contribution in [1.29, 1.82) is 0 Å². The second kappa shape index (κ2) is 26.5. The van der Waals surface area contributed by atoms with Crippen molar-refractivity contribution in [2.45, 2.75) is 69.4 Å². The predicted molar refractivity (Wildman–Crippen MR) is 322 cm³/mol. The molecule has 0 radical (unpaired) electrons. The topological polar surface area (TPSA) is 374 Å². The van der Waals surface area contributed by atoms with Gasteiger partial charge in [-0.3, -0.25) is 28.8 Å². The summed E-state index contributed by atoms with van der Waals surface area (Å²) in [4.78, 5) is 117. The van der Waals surface area contributed by atoms with Crippen LogP contribution in [0.4, 0.5) is 0 Å². The summed E-state index contributed by atoms with van der Waals surface area (Å²) < 4.78 is 0. The Morgan fingerprint density at radius 1 is 0.682 bits per heavy atom. The lowest BCUT2D eigenvalue weighted by Gasteiger charge is -2.29. The number of thiazole rings is 6.